The predicted molar refractivity (Wildman–Crippen MR) is 94.2 cm³/mol. The Balaban J connectivity index is 1.23. The molecule has 0 aliphatic carbocycles. The van der Waals surface area contributed by atoms with Gasteiger partial charge in [-0.3, -0.25) is 14.7 Å². The SMILES string of the molecule is O=C(COc1ccc2c(c1)OCO2)N1CCN(Cc2ccccn2)CC1. The Morgan fingerprint density at radius 2 is 1.92 bits per heavy atom. The zero-order valence-corrected chi connectivity index (χ0v) is 14.5. The topological polar surface area (TPSA) is 64.1 Å². The van der Waals surface area contributed by atoms with E-state index in [0.29, 0.717) is 30.3 Å². The normalized spacial score (nSPS) is 16.5. The van der Waals surface area contributed by atoms with Crippen LogP contribution in [0.2, 0.25) is 0 Å². The van der Waals surface area contributed by atoms with Gasteiger partial charge in [-0.1, -0.05) is 6.07 Å². The van der Waals surface area contributed by atoms with E-state index in [-0.39, 0.29) is 19.3 Å². The summed E-state index contributed by atoms with van der Waals surface area (Å²) in [5, 5.41) is 0. The molecule has 1 fully saturated rings. The molecule has 0 spiro atoms. The quantitative estimate of drug-likeness (QED) is 0.811. The summed E-state index contributed by atoms with van der Waals surface area (Å²) < 4.78 is 16.2. The molecule has 0 saturated carbocycles. The standard InChI is InChI=1S/C19H21N3O4/c23-19(13-24-16-4-5-17-18(11-16)26-14-25-17)22-9-7-21(8-10-22)12-15-3-1-2-6-20-15/h1-6,11H,7-10,12-14H2. The second-order valence-electron chi connectivity index (χ2n) is 6.28. The monoisotopic (exact) mass is 355 g/mol. The average Bonchev–Trinajstić information content (AvgIpc) is 3.15. The van der Waals surface area contributed by atoms with Crippen LogP contribution in [0, 0.1) is 0 Å². The number of aromatic nitrogens is 1. The van der Waals surface area contributed by atoms with Crippen LogP contribution in [0.25, 0.3) is 0 Å². The first-order valence-electron chi connectivity index (χ1n) is 8.70. The number of rotatable bonds is 5. The van der Waals surface area contributed by atoms with E-state index >= 15 is 0 Å². The van der Waals surface area contributed by atoms with Gasteiger partial charge in [-0.25, -0.2) is 0 Å². The van der Waals surface area contributed by atoms with Crippen molar-refractivity contribution in [3.63, 3.8) is 0 Å². The molecular weight excluding hydrogens is 334 g/mol. The predicted octanol–water partition coefficient (Wildman–Crippen LogP) is 1.53. The van der Waals surface area contributed by atoms with Crippen molar-refractivity contribution >= 4 is 5.91 Å². The Kier molecular flexibility index (Phi) is 4.88. The second-order valence-corrected chi connectivity index (χ2v) is 6.28. The third-order valence-corrected chi connectivity index (χ3v) is 4.54. The fourth-order valence-corrected chi connectivity index (χ4v) is 3.08. The van der Waals surface area contributed by atoms with Gasteiger partial charge in [0.1, 0.15) is 5.75 Å². The van der Waals surface area contributed by atoms with Crippen molar-refractivity contribution in [2.75, 3.05) is 39.6 Å². The van der Waals surface area contributed by atoms with Crippen LogP contribution in [0.4, 0.5) is 0 Å². The van der Waals surface area contributed by atoms with E-state index in [0.717, 1.165) is 25.3 Å². The molecular formula is C19H21N3O4. The number of benzene rings is 1. The van der Waals surface area contributed by atoms with Gasteiger partial charge in [0.2, 0.25) is 6.79 Å². The summed E-state index contributed by atoms with van der Waals surface area (Å²) >= 11 is 0. The van der Waals surface area contributed by atoms with Crippen molar-refractivity contribution in [2.24, 2.45) is 0 Å². The van der Waals surface area contributed by atoms with Gasteiger partial charge in [0.05, 0.1) is 5.69 Å². The van der Waals surface area contributed by atoms with Crippen molar-refractivity contribution in [3.8, 4) is 17.2 Å². The molecule has 0 bridgehead atoms. The van der Waals surface area contributed by atoms with Crippen LogP contribution in [0.5, 0.6) is 17.2 Å². The molecule has 26 heavy (non-hydrogen) atoms. The minimum absolute atomic E-state index is 0.000142. The minimum atomic E-state index is 0.000142. The molecule has 0 radical (unpaired) electrons. The van der Waals surface area contributed by atoms with Crippen LogP contribution in [0.15, 0.2) is 42.6 Å². The Bertz CT molecular complexity index is 761. The number of fused-ring (bicyclic) bond motifs is 1. The lowest BCUT2D eigenvalue weighted by molar-refractivity contribution is -0.135. The van der Waals surface area contributed by atoms with E-state index in [2.05, 4.69) is 9.88 Å². The van der Waals surface area contributed by atoms with Gasteiger partial charge in [-0.2, -0.15) is 0 Å². The fraction of sp³-hybridized carbons (Fsp3) is 0.368. The highest BCUT2D eigenvalue weighted by atomic mass is 16.7. The highest BCUT2D eigenvalue weighted by molar-refractivity contribution is 5.78. The molecule has 7 heteroatoms. The third kappa shape index (κ3) is 3.88. The number of carbonyl (C=O) groups excluding carboxylic acids is 1. The van der Waals surface area contributed by atoms with E-state index in [1.165, 1.54) is 0 Å². The van der Waals surface area contributed by atoms with Crippen molar-refractivity contribution in [3.05, 3.63) is 48.3 Å². The minimum Gasteiger partial charge on any atom is -0.484 e. The number of carbonyl (C=O) groups is 1. The molecule has 1 amide bonds. The number of hydrogen-bond acceptors (Lipinski definition) is 6. The number of hydrogen-bond donors (Lipinski definition) is 0. The van der Waals surface area contributed by atoms with Crippen molar-refractivity contribution in [1.29, 1.82) is 0 Å². The number of ether oxygens (including phenoxy) is 3. The fourth-order valence-electron chi connectivity index (χ4n) is 3.08. The summed E-state index contributed by atoms with van der Waals surface area (Å²) in [6.45, 7) is 4.15. The Morgan fingerprint density at radius 1 is 1.08 bits per heavy atom. The maximum Gasteiger partial charge on any atom is 0.260 e. The van der Waals surface area contributed by atoms with Crippen LogP contribution in [-0.4, -0.2) is 60.3 Å². The summed E-state index contributed by atoms with van der Waals surface area (Å²) in [5.41, 5.74) is 1.05. The number of pyridine rings is 1. The Morgan fingerprint density at radius 3 is 2.73 bits per heavy atom. The lowest BCUT2D eigenvalue weighted by atomic mass is 10.2. The van der Waals surface area contributed by atoms with Crippen LogP contribution in [-0.2, 0) is 11.3 Å². The van der Waals surface area contributed by atoms with E-state index in [9.17, 15) is 4.79 Å². The highest BCUT2D eigenvalue weighted by Crippen LogP contribution is 2.35. The number of piperazine rings is 1. The molecule has 2 aromatic rings. The molecule has 0 atom stereocenters. The first kappa shape index (κ1) is 16.7. The van der Waals surface area contributed by atoms with Gasteiger partial charge < -0.3 is 19.1 Å². The van der Waals surface area contributed by atoms with Gasteiger partial charge in [-0.15, -0.1) is 0 Å². The number of amides is 1. The van der Waals surface area contributed by atoms with E-state index in [1.807, 2.05) is 29.3 Å². The zero-order valence-electron chi connectivity index (χ0n) is 14.5. The van der Waals surface area contributed by atoms with Crippen LogP contribution < -0.4 is 14.2 Å². The highest BCUT2D eigenvalue weighted by Gasteiger charge is 2.22. The molecule has 0 N–H and O–H groups in total. The molecule has 1 aromatic heterocycles. The third-order valence-electron chi connectivity index (χ3n) is 4.54. The average molecular weight is 355 g/mol. The number of nitrogens with zero attached hydrogens (tertiary/aromatic N) is 3. The summed E-state index contributed by atoms with van der Waals surface area (Å²) in [6.07, 6.45) is 1.81. The van der Waals surface area contributed by atoms with Crippen molar-refractivity contribution in [2.45, 2.75) is 6.54 Å². The van der Waals surface area contributed by atoms with Gasteiger partial charge in [-0.05, 0) is 24.3 Å². The Labute approximate surface area is 152 Å². The van der Waals surface area contributed by atoms with Gasteiger partial charge in [0, 0.05) is 45.0 Å². The molecule has 7 nitrogen and oxygen atoms in total. The summed E-state index contributed by atoms with van der Waals surface area (Å²) in [4.78, 5) is 20.9. The van der Waals surface area contributed by atoms with Gasteiger partial charge >= 0.3 is 0 Å². The zero-order chi connectivity index (χ0) is 17.8. The molecule has 1 saturated heterocycles. The molecule has 3 heterocycles. The maximum absolute atomic E-state index is 12.4. The summed E-state index contributed by atoms with van der Waals surface area (Å²) in [5.74, 6) is 1.96. The molecule has 2 aliphatic rings. The van der Waals surface area contributed by atoms with Crippen LogP contribution in [0.3, 0.4) is 0 Å². The molecule has 2 aliphatic heterocycles. The Hall–Kier alpha value is -2.80. The summed E-state index contributed by atoms with van der Waals surface area (Å²) in [7, 11) is 0. The maximum atomic E-state index is 12.4. The van der Waals surface area contributed by atoms with E-state index in [4.69, 9.17) is 14.2 Å². The van der Waals surface area contributed by atoms with E-state index in [1.54, 1.807) is 18.2 Å². The first-order valence-corrected chi connectivity index (χ1v) is 8.70. The first-order chi connectivity index (χ1) is 12.8. The van der Waals surface area contributed by atoms with Crippen molar-refractivity contribution in [1.82, 2.24) is 14.8 Å². The largest absolute Gasteiger partial charge is 0.484 e. The van der Waals surface area contributed by atoms with Gasteiger partial charge in [0.15, 0.2) is 18.1 Å². The lowest BCUT2D eigenvalue weighted by Gasteiger charge is -2.34. The second kappa shape index (κ2) is 7.61. The van der Waals surface area contributed by atoms with Crippen molar-refractivity contribution < 1.29 is 19.0 Å². The molecule has 136 valence electrons. The summed E-state index contributed by atoms with van der Waals surface area (Å²) in [6, 6.07) is 11.3. The smallest absolute Gasteiger partial charge is 0.260 e. The molecule has 0 unspecified atom stereocenters. The van der Waals surface area contributed by atoms with Gasteiger partial charge in [0.25, 0.3) is 5.91 Å². The van der Waals surface area contributed by atoms with Crippen LogP contribution >= 0.6 is 0 Å². The molecule has 1 aromatic carbocycles. The lowest BCUT2D eigenvalue weighted by Crippen LogP contribution is -2.49. The molecule has 4 rings (SSSR count). The van der Waals surface area contributed by atoms with E-state index < -0.39 is 0 Å². The van der Waals surface area contributed by atoms with Crippen LogP contribution in [0.1, 0.15) is 5.69 Å².